The topological polar surface area (TPSA) is 84.4 Å². The summed E-state index contributed by atoms with van der Waals surface area (Å²) in [6.07, 6.45) is 2.81. The maximum absolute atomic E-state index is 12.6. The first kappa shape index (κ1) is 16.3. The second-order valence-corrected chi connectivity index (χ2v) is 7.18. The van der Waals surface area contributed by atoms with Crippen LogP contribution in [0.15, 0.2) is 10.6 Å². The second-order valence-electron chi connectivity index (χ2n) is 7.18. The van der Waals surface area contributed by atoms with Gasteiger partial charge in [0.25, 0.3) is 0 Å². The molecule has 134 valence electrons. The van der Waals surface area contributed by atoms with Crippen molar-refractivity contribution in [3.63, 3.8) is 0 Å². The van der Waals surface area contributed by atoms with Crippen LogP contribution in [0.2, 0.25) is 0 Å². The fraction of sp³-hybridized carbons (Fsp3) is 0.611. The number of hydrogen-bond donors (Lipinski definition) is 1. The molecule has 2 aromatic rings. The normalized spacial score (nSPS) is 18.3. The van der Waals surface area contributed by atoms with Crippen LogP contribution in [-0.4, -0.2) is 37.4 Å². The van der Waals surface area contributed by atoms with Crippen molar-refractivity contribution in [3.05, 3.63) is 34.5 Å². The van der Waals surface area contributed by atoms with Gasteiger partial charge in [0.05, 0.1) is 30.2 Å². The number of aryl methyl sites for hydroxylation is 2. The number of carbonyl (C=O) groups is 1. The van der Waals surface area contributed by atoms with E-state index in [0.717, 1.165) is 41.2 Å². The van der Waals surface area contributed by atoms with Crippen LogP contribution in [0, 0.1) is 19.8 Å². The van der Waals surface area contributed by atoms with Crippen molar-refractivity contribution < 1.29 is 14.4 Å². The zero-order chi connectivity index (χ0) is 17.6. The van der Waals surface area contributed by atoms with Gasteiger partial charge in [0.2, 0.25) is 5.91 Å². The molecule has 0 aromatic carbocycles. The van der Waals surface area contributed by atoms with Crippen molar-refractivity contribution in [2.75, 3.05) is 6.54 Å². The Kier molecular flexibility index (Phi) is 4.11. The maximum atomic E-state index is 12.6. The SMILES string of the molecule is Cc1noc(C)c1CCC(=O)N1CCn2nc([C@H](O)C3CC3)cc2C1. The molecule has 0 unspecified atom stereocenters. The summed E-state index contributed by atoms with van der Waals surface area (Å²) < 4.78 is 7.09. The standard InChI is InChI=1S/C18H24N4O3/c1-11-15(12(2)25-20-11)5-6-17(23)21-7-8-22-14(10-21)9-16(19-22)18(24)13-3-4-13/h9,13,18,24H,3-8,10H2,1-2H3/t18-/m1/s1. The van der Waals surface area contributed by atoms with E-state index in [1.54, 1.807) is 0 Å². The fourth-order valence-corrected chi connectivity index (χ4v) is 3.55. The van der Waals surface area contributed by atoms with E-state index in [-0.39, 0.29) is 5.91 Å². The van der Waals surface area contributed by atoms with Gasteiger partial charge in [-0.15, -0.1) is 0 Å². The van der Waals surface area contributed by atoms with Crippen molar-refractivity contribution in [3.8, 4) is 0 Å². The summed E-state index contributed by atoms with van der Waals surface area (Å²) in [5.74, 6) is 1.29. The lowest BCUT2D eigenvalue weighted by Crippen LogP contribution is -2.38. The van der Waals surface area contributed by atoms with E-state index >= 15 is 0 Å². The minimum atomic E-state index is -0.457. The van der Waals surface area contributed by atoms with Gasteiger partial charge >= 0.3 is 0 Å². The molecule has 1 aliphatic carbocycles. The van der Waals surface area contributed by atoms with E-state index in [2.05, 4.69) is 10.3 Å². The minimum absolute atomic E-state index is 0.136. The third-order valence-corrected chi connectivity index (χ3v) is 5.31. The number of aliphatic hydroxyl groups excluding tert-OH is 1. The van der Waals surface area contributed by atoms with Crippen molar-refractivity contribution in [1.82, 2.24) is 19.8 Å². The van der Waals surface area contributed by atoms with Gasteiger partial charge in [-0.3, -0.25) is 9.48 Å². The molecule has 0 saturated heterocycles. The summed E-state index contributed by atoms with van der Waals surface area (Å²) in [5, 5.41) is 18.7. The third kappa shape index (κ3) is 3.20. The molecule has 1 atom stereocenters. The molecule has 2 aliphatic rings. The molecule has 7 heteroatoms. The molecule has 2 aromatic heterocycles. The average molecular weight is 344 g/mol. The zero-order valence-corrected chi connectivity index (χ0v) is 14.7. The number of rotatable bonds is 5. The van der Waals surface area contributed by atoms with E-state index in [4.69, 9.17) is 4.52 Å². The Hall–Kier alpha value is -2.15. The number of hydrogen-bond acceptors (Lipinski definition) is 5. The quantitative estimate of drug-likeness (QED) is 0.895. The number of amides is 1. The highest BCUT2D eigenvalue weighted by Crippen LogP contribution is 2.40. The van der Waals surface area contributed by atoms with Crippen molar-refractivity contribution in [1.29, 1.82) is 0 Å². The molecule has 1 aliphatic heterocycles. The molecule has 0 radical (unpaired) electrons. The molecule has 0 bridgehead atoms. The molecule has 1 amide bonds. The van der Waals surface area contributed by atoms with Crippen LogP contribution in [0.1, 0.15) is 53.8 Å². The van der Waals surface area contributed by atoms with Crippen LogP contribution < -0.4 is 0 Å². The van der Waals surface area contributed by atoms with Crippen LogP contribution in [0.5, 0.6) is 0 Å². The Morgan fingerprint density at radius 3 is 2.88 bits per heavy atom. The van der Waals surface area contributed by atoms with E-state index in [1.165, 1.54) is 0 Å². The van der Waals surface area contributed by atoms with Crippen LogP contribution in [0.4, 0.5) is 0 Å². The van der Waals surface area contributed by atoms with E-state index in [9.17, 15) is 9.90 Å². The van der Waals surface area contributed by atoms with Crippen LogP contribution in [0.3, 0.4) is 0 Å². The van der Waals surface area contributed by atoms with Gasteiger partial charge in [-0.25, -0.2) is 0 Å². The largest absolute Gasteiger partial charge is 0.386 e. The Balaban J connectivity index is 1.39. The van der Waals surface area contributed by atoms with E-state index in [1.807, 2.05) is 29.5 Å². The number of carbonyl (C=O) groups excluding carboxylic acids is 1. The summed E-state index contributed by atoms with van der Waals surface area (Å²) in [4.78, 5) is 14.5. The molecule has 1 N–H and O–H groups in total. The molecular weight excluding hydrogens is 320 g/mol. The zero-order valence-electron chi connectivity index (χ0n) is 14.7. The lowest BCUT2D eigenvalue weighted by molar-refractivity contribution is -0.132. The smallest absolute Gasteiger partial charge is 0.223 e. The summed E-state index contributed by atoms with van der Waals surface area (Å²) >= 11 is 0. The molecule has 25 heavy (non-hydrogen) atoms. The summed E-state index contributed by atoms with van der Waals surface area (Å²) in [5.41, 5.74) is 3.65. The molecule has 7 nitrogen and oxygen atoms in total. The Morgan fingerprint density at radius 2 is 2.20 bits per heavy atom. The Morgan fingerprint density at radius 1 is 1.40 bits per heavy atom. The average Bonchev–Trinajstić information content (AvgIpc) is 3.29. The Bertz CT molecular complexity index is 771. The van der Waals surface area contributed by atoms with Gasteiger partial charge in [-0.2, -0.15) is 5.10 Å². The van der Waals surface area contributed by atoms with Crippen molar-refractivity contribution in [2.24, 2.45) is 5.92 Å². The first-order valence-electron chi connectivity index (χ1n) is 8.97. The molecule has 0 spiro atoms. The monoisotopic (exact) mass is 344 g/mol. The summed E-state index contributed by atoms with van der Waals surface area (Å²) in [6.45, 7) is 5.69. The predicted octanol–water partition coefficient (Wildman–Crippen LogP) is 1.91. The molecule has 1 fully saturated rings. The second kappa shape index (κ2) is 6.29. The lowest BCUT2D eigenvalue weighted by Gasteiger charge is -2.27. The molecule has 4 rings (SSSR count). The highest BCUT2D eigenvalue weighted by Gasteiger charge is 2.33. The van der Waals surface area contributed by atoms with Crippen LogP contribution in [-0.2, 0) is 24.3 Å². The summed E-state index contributed by atoms with van der Waals surface area (Å²) in [6, 6.07) is 1.96. The summed E-state index contributed by atoms with van der Waals surface area (Å²) in [7, 11) is 0. The van der Waals surface area contributed by atoms with Gasteiger partial charge in [0.1, 0.15) is 11.9 Å². The molecule has 1 saturated carbocycles. The van der Waals surface area contributed by atoms with Crippen LogP contribution >= 0.6 is 0 Å². The Labute approximate surface area is 146 Å². The van der Waals surface area contributed by atoms with Gasteiger partial charge in [0, 0.05) is 18.5 Å². The van der Waals surface area contributed by atoms with Gasteiger partial charge in [-0.05, 0) is 45.1 Å². The first-order chi connectivity index (χ1) is 12.0. The van der Waals surface area contributed by atoms with Crippen molar-refractivity contribution in [2.45, 2.75) is 58.7 Å². The van der Waals surface area contributed by atoms with Crippen molar-refractivity contribution >= 4 is 5.91 Å². The minimum Gasteiger partial charge on any atom is -0.386 e. The number of aliphatic hydroxyl groups is 1. The van der Waals surface area contributed by atoms with Gasteiger partial charge in [-0.1, -0.05) is 5.16 Å². The lowest BCUT2D eigenvalue weighted by atomic mass is 10.1. The highest BCUT2D eigenvalue weighted by atomic mass is 16.5. The number of fused-ring (bicyclic) bond motifs is 1. The van der Waals surface area contributed by atoms with Gasteiger partial charge < -0.3 is 14.5 Å². The maximum Gasteiger partial charge on any atom is 0.223 e. The first-order valence-corrected chi connectivity index (χ1v) is 8.97. The van der Waals surface area contributed by atoms with E-state index in [0.29, 0.717) is 38.4 Å². The predicted molar refractivity (Wildman–Crippen MR) is 89.6 cm³/mol. The highest BCUT2D eigenvalue weighted by molar-refractivity contribution is 5.76. The number of aromatic nitrogens is 3. The molecule has 3 heterocycles. The molecular formula is C18H24N4O3. The third-order valence-electron chi connectivity index (χ3n) is 5.31. The van der Waals surface area contributed by atoms with Gasteiger partial charge in [0.15, 0.2) is 0 Å². The van der Waals surface area contributed by atoms with Crippen LogP contribution in [0.25, 0.3) is 0 Å². The number of nitrogens with zero attached hydrogens (tertiary/aromatic N) is 4. The fourth-order valence-electron chi connectivity index (χ4n) is 3.55. The van der Waals surface area contributed by atoms with E-state index < -0.39 is 6.10 Å².